The Morgan fingerprint density at radius 2 is 1.75 bits per heavy atom. The molecule has 1 heteroatoms. The monoisotopic (exact) mass is 311 g/mol. The minimum atomic E-state index is 0.379. The minimum Gasteiger partial charge on any atom is -0.377 e. The highest BCUT2D eigenvalue weighted by Crippen LogP contribution is 2.51. The zero-order valence-corrected chi connectivity index (χ0v) is 13.9. The molecule has 1 nitrogen and oxygen atoms in total. The molecule has 0 amide bonds. The maximum Gasteiger partial charge on any atom is 0.0554 e. The lowest BCUT2D eigenvalue weighted by Gasteiger charge is -2.38. The molecule has 1 aliphatic heterocycles. The van der Waals surface area contributed by atoms with E-state index in [9.17, 15) is 0 Å². The van der Waals surface area contributed by atoms with E-state index in [1.807, 2.05) is 0 Å². The summed E-state index contributed by atoms with van der Waals surface area (Å²) in [4.78, 5) is 0. The second-order valence-electron chi connectivity index (χ2n) is 7.14. The fourth-order valence-electron chi connectivity index (χ4n) is 4.44. The maximum absolute atomic E-state index is 3.91. The van der Waals surface area contributed by atoms with Crippen LogP contribution in [-0.2, 0) is 0 Å². The lowest BCUT2D eigenvalue weighted by molar-refractivity contribution is 0.426. The van der Waals surface area contributed by atoms with Gasteiger partial charge in [-0.1, -0.05) is 78.4 Å². The van der Waals surface area contributed by atoms with Crippen LogP contribution in [0.1, 0.15) is 35.1 Å². The van der Waals surface area contributed by atoms with Gasteiger partial charge in [0.15, 0.2) is 0 Å². The van der Waals surface area contributed by atoms with E-state index in [1.165, 1.54) is 33.2 Å². The predicted octanol–water partition coefficient (Wildman–Crippen LogP) is 5.97. The first kappa shape index (κ1) is 13.9. The first-order chi connectivity index (χ1) is 11.8. The Balaban J connectivity index is 1.69. The molecule has 5 rings (SSSR count). The van der Waals surface area contributed by atoms with Gasteiger partial charge in [-0.3, -0.25) is 0 Å². The van der Waals surface area contributed by atoms with Crippen LogP contribution in [0, 0.1) is 12.8 Å². The summed E-state index contributed by atoms with van der Waals surface area (Å²) in [5.74, 6) is 1.14. The van der Waals surface area contributed by atoms with Crippen LogP contribution in [0.5, 0.6) is 0 Å². The van der Waals surface area contributed by atoms with Crippen LogP contribution in [-0.4, -0.2) is 0 Å². The standard InChI is InChI=1S/C23H21N/c1-15-9-11-17(12-10-15)22-20-8-4-7-19(20)21-14-13-16-5-2-3-6-18(16)23(21)24-22/h2-7,9-14,19-20,22,24H,8H2,1H3. The molecule has 0 saturated heterocycles. The first-order valence-electron chi connectivity index (χ1n) is 8.83. The van der Waals surface area contributed by atoms with Gasteiger partial charge < -0.3 is 5.32 Å². The Morgan fingerprint density at radius 3 is 2.62 bits per heavy atom. The van der Waals surface area contributed by atoms with Crippen molar-refractivity contribution < 1.29 is 0 Å². The summed E-state index contributed by atoms with van der Waals surface area (Å²) in [6.07, 6.45) is 5.94. The van der Waals surface area contributed by atoms with Crippen molar-refractivity contribution in [2.24, 2.45) is 5.92 Å². The zero-order chi connectivity index (χ0) is 16.1. The SMILES string of the molecule is Cc1ccc(C2Nc3c(ccc4ccccc34)C3C=CCC32)cc1. The van der Waals surface area contributed by atoms with Crippen molar-refractivity contribution >= 4 is 16.5 Å². The lowest BCUT2D eigenvalue weighted by atomic mass is 9.76. The molecule has 3 aromatic rings. The molecule has 0 aromatic heterocycles. The molecule has 3 aromatic carbocycles. The quantitative estimate of drug-likeness (QED) is 0.545. The number of benzene rings is 3. The molecule has 1 aliphatic carbocycles. The molecule has 24 heavy (non-hydrogen) atoms. The van der Waals surface area contributed by atoms with Crippen molar-refractivity contribution in [1.82, 2.24) is 0 Å². The number of fused-ring (bicyclic) bond motifs is 5. The number of allylic oxidation sites excluding steroid dienone is 2. The number of nitrogens with one attached hydrogen (secondary N) is 1. The van der Waals surface area contributed by atoms with Gasteiger partial charge >= 0.3 is 0 Å². The van der Waals surface area contributed by atoms with E-state index in [2.05, 4.69) is 85.1 Å². The summed E-state index contributed by atoms with van der Waals surface area (Å²) >= 11 is 0. The highest BCUT2D eigenvalue weighted by molar-refractivity contribution is 5.96. The smallest absolute Gasteiger partial charge is 0.0554 e. The third kappa shape index (κ3) is 2.01. The van der Waals surface area contributed by atoms with Crippen LogP contribution in [0.2, 0.25) is 0 Å². The molecule has 0 radical (unpaired) electrons. The maximum atomic E-state index is 3.91. The molecule has 3 atom stereocenters. The molecule has 3 unspecified atom stereocenters. The van der Waals surface area contributed by atoms with E-state index in [0.717, 1.165) is 6.42 Å². The average molecular weight is 311 g/mol. The van der Waals surface area contributed by atoms with Crippen LogP contribution in [0.25, 0.3) is 10.8 Å². The van der Waals surface area contributed by atoms with Crippen LogP contribution >= 0.6 is 0 Å². The third-order valence-electron chi connectivity index (χ3n) is 5.70. The molecule has 1 heterocycles. The third-order valence-corrected chi connectivity index (χ3v) is 5.70. The van der Waals surface area contributed by atoms with Gasteiger partial charge in [0.2, 0.25) is 0 Å². The summed E-state index contributed by atoms with van der Waals surface area (Å²) in [5.41, 5.74) is 5.50. The molecule has 118 valence electrons. The van der Waals surface area contributed by atoms with E-state index in [4.69, 9.17) is 0 Å². The van der Waals surface area contributed by atoms with Crippen LogP contribution in [0.15, 0.2) is 72.8 Å². The van der Waals surface area contributed by atoms with Gasteiger partial charge in [-0.15, -0.1) is 0 Å². The molecular weight excluding hydrogens is 290 g/mol. The van der Waals surface area contributed by atoms with Crippen molar-refractivity contribution in [3.63, 3.8) is 0 Å². The lowest BCUT2D eigenvalue weighted by Crippen LogP contribution is -2.29. The highest BCUT2D eigenvalue weighted by atomic mass is 15.0. The zero-order valence-electron chi connectivity index (χ0n) is 13.9. The summed E-state index contributed by atoms with van der Waals surface area (Å²) in [6, 6.07) is 22.7. The minimum absolute atomic E-state index is 0.379. The van der Waals surface area contributed by atoms with Crippen molar-refractivity contribution in [3.05, 3.63) is 89.5 Å². The first-order valence-corrected chi connectivity index (χ1v) is 8.83. The van der Waals surface area contributed by atoms with E-state index >= 15 is 0 Å². The number of hydrogen-bond donors (Lipinski definition) is 1. The second-order valence-corrected chi connectivity index (χ2v) is 7.14. The van der Waals surface area contributed by atoms with E-state index in [0.29, 0.717) is 17.9 Å². The van der Waals surface area contributed by atoms with E-state index in [-0.39, 0.29) is 0 Å². The highest BCUT2D eigenvalue weighted by Gasteiger charge is 2.38. The number of anilines is 1. The topological polar surface area (TPSA) is 12.0 Å². The second kappa shape index (κ2) is 5.24. The fourth-order valence-corrected chi connectivity index (χ4v) is 4.44. The molecule has 0 bridgehead atoms. The fraction of sp³-hybridized carbons (Fsp3) is 0.217. The van der Waals surface area contributed by atoms with Gasteiger partial charge in [0.05, 0.1) is 6.04 Å². The van der Waals surface area contributed by atoms with Crippen molar-refractivity contribution in [2.45, 2.75) is 25.3 Å². The Hall–Kier alpha value is -2.54. The molecule has 1 N–H and O–H groups in total. The normalized spacial score (nSPS) is 24.5. The Kier molecular flexibility index (Phi) is 3.02. The Bertz CT molecular complexity index is 936. The van der Waals surface area contributed by atoms with Gasteiger partial charge in [-0.2, -0.15) is 0 Å². The number of hydrogen-bond acceptors (Lipinski definition) is 1. The van der Waals surface area contributed by atoms with Gasteiger partial charge in [0.1, 0.15) is 0 Å². The summed E-state index contributed by atoms with van der Waals surface area (Å²) < 4.78 is 0. The van der Waals surface area contributed by atoms with E-state index in [1.54, 1.807) is 0 Å². The molecule has 0 saturated carbocycles. The van der Waals surface area contributed by atoms with Crippen LogP contribution in [0.3, 0.4) is 0 Å². The van der Waals surface area contributed by atoms with Crippen molar-refractivity contribution in [3.8, 4) is 0 Å². The van der Waals surface area contributed by atoms with Gasteiger partial charge in [0, 0.05) is 17.0 Å². The molecule has 0 spiro atoms. The van der Waals surface area contributed by atoms with Crippen LogP contribution < -0.4 is 5.32 Å². The number of aryl methyl sites for hydroxylation is 1. The molecular formula is C23H21N. The Morgan fingerprint density at radius 1 is 0.917 bits per heavy atom. The predicted molar refractivity (Wildman–Crippen MR) is 101 cm³/mol. The number of rotatable bonds is 1. The van der Waals surface area contributed by atoms with E-state index < -0.39 is 0 Å². The van der Waals surface area contributed by atoms with Gasteiger partial charge in [0.25, 0.3) is 0 Å². The van der Waals surface area contributed by atoms with Crippen molar-refractivity contribution in [1.29, 1.82) is 0 Å². The summed E-state index contributed by atoms with van der Waals surface area (Å²) in [5, 5.41) is 6.56. The summed E-state index contributed by atoms with van der Waals surface area (Å²) in [6.45, 7) is 2.15. The Labute approximate surface area is 143 Å². The van der Waals surface area contributed by atoms with Crippen molar-refractivity contribution in [2.75, 3.05) is 5.32 Å². The van der Waals surface area contributed by atoms with Gasteiger partial charge in [-0.25, -0.2) is 0 Å². The molecule has 0 fully saturated rings. The van der Waals surface area contributed by atoms with Crippen LogP contribution in [0.4, 0.5) is 5.69 Å². The molecule has 2 aliphatic rings. The van der Waals surface area contributed by atoms with Gasteiger partial charge in [-0.05, 0) is 35.8 Å². The summed E-state index contributed by atoms with van der Waals surface area (Å²) in [7, 11) is 0. The largest absolute Gasteiger partial charge is 0.377 e. The average Bonchev–Trinajstić information content (AvgIpc) is 3.11.